The first kappa shape index (κ1) is 27.5. The predicted octanol–water partition coefficient (Wildman–Crippen LogP) is 7.33. The summed E-state index contributed by atoms with van der Waals surface area (Å²) in [6, 6.07) is 32.2. The lowest BCUT2D eigenvalue weighted by atomic mass is 10.0. The number of halogens is 1. The van der Waals surface area contributed by atoms with Gasteiger partial charge in [-0.1, -0.05) is 78.4 Å². The number of H-pyrrole nitrogens is 2. The van der Waals surface area contributed by atoms with Crippen LogP contribution in [0.3, 0.4) is 0 Å². The van der Waals surface area contributed by atoms with Gasteiger partial charge in [-0.2, -0.15) is 0 Å². The number of amides is 2. The van der Waals surface area contributed by atoms with Crippen molar-refractivity contribution in [3.8, 4) is 11.3 Å². The number of hydrogen-bond acceptors (Lipinski definition) is 2. The van der Waals surface area contributed by atoms with Crippen molar-refractivity contribution in [1.29, 1.82) is 0 Å². The first-order valence-electron chi connectivity index (χ1n) is 14.1. The summed E-state index contributed by atoms with van der Waals surface area (Å²) < 4.78 is 0.987. The molecule has 2 aliphatic heterocycles. The number of aromatic amines is 2. The summed E-state index contributed by atoms with van der Waals surface area (Å²) in [5, 5.41) is 7.98. The van der Waals surface area contributed by atoms with E-state index in [-0.39, 0.29) is 11.8 Å². The van der Waals surface area contributed by atoms with Gasteiger partial charge in [0.05, 0.1) is 4.60 Å². The van der Waals surface area contributed by atoms with Gasteiger partial charge in [0.1, 0.15) is 0 Å². The number of nitrogens with one attached hydrogen (secondary N) is 4. The van der Waals surface area contributed by atoms with Crippen LogP contribution in [0.1, 0.15) is 37.4 Å². The molecular weight excluding hydrogens is 588 g/mol. The van der Waals surface area contributed by atoms with E-state index in [1.165, 1.54) is 22.3 Å². The molecule has 6 nitrogen and oxygen atoms in total. The molecule has 0 saturated heterocycles. The fourth-order valence-electron chi connectivity index (χ4n) is 5.64. The molecule has 0 spiro atoms. The van der Waals surface area contributed by atoms with Crippen LogP contribution in [0, 0.1) is 6.92 Å². The fourth-order valence-corrected chi connectivity index (χ4v) is 6.25. The third-order valence-electron chi connectivity index (χ3n) is 7.62. The Bertz CT molecular complexity index is 1890. The van der Waals surface area contributed by atoms with Crippen LogP contribution in [0.15, 0.2) is 102 Å². The van der Waals surface area contributed by atoms with E-state index in [9.17, 15) is 9.59 Å². The first-order valence-corrected chi connectivity index (χ1v) is 14.9. The van der Waals surface area contributed by atoms with E-state index < -0.39 is 0 Å². The van der Waals surface area contributed by atoms with Gasteiger partial charge >= 0.3 is 0 Å². The van der Waals surface area contributed by atoms with E-state index in [0.717, 1.165) is 56.1 Å². The number of hydrogen-bond donors (Lipinski definition) is 4. The molecule has 2 aromatic heterocycles. The van der Waals surface area contributed by atoms with Crippen LogP contribution in [-0.4, -0.2) is 34.9 Å². The monoisotopic (exact) mass is 618 g/mol. The molecule has 42 heavy (non-hydrogen) atoms. The number of benzene rings is 4. The molecule has 0 aliphatic carbocycles. The van der Waals surface area contributed by atoms with E-state index in [1.54, 1.807) is 0 Å². The van der Waals surface area contributed by atoms with E-state index >= 15 is 0 Å². The Morgan fingerprint density at radius 2 is 1.12 bits per heavy atom. The zero-order valence-corrected chi connectivity index (χ0v) is 24.8. The average Bonchev–Trinajstić information content (AvgIpc) is 3.41. The fraction of sp³-hybridized carbons (Fsp3) is 0.143. The minimum Gasteiger partial charge on any atom is -0.354 e. The van der Waals surface area contributed by atoms with E-state index in [1.807, 2.05) is 72.8 Å². The molecule has 0 fully saturated rings. The van der Waals surface area contributed by atoms with Crippen LogP contribution in [0.4, 0.5) is 0 Å². The predicted molar refractivity (Wildman–Crippen MR) is 173 cm³/mol. The maximum Gasteiger partial charge on any atom is 0.251 e. The van der Waals surface area contributed by atoms with E-state index in [0.29, 0.717) is 13.1 Å². The molecule has 8 rings (SSSR count). The lowest BCUT2D eigenvalue weighted by molar-refractivity contribution is 0.0949. The molecule has 6 aromatic rings. The molecule has 0 bridgehead atoms. The molecule has 7 heteroatoms. The van der Waals surface area contributed by atoms with Gasteiger partial charge in [0.15, 0.2) is 0 Å². The van der Waals surface area contributed by atoms with Gasteiger partial charge in [-0.15, -0.1) is 0 Å². The second-order valence-corrected chi connectivity index (χ2v) is 11.2. The second-order valence-electron chi connectivity index (χ2n) is 10.4. The van der Waals surface area contributed by atoms with Crippen molar-refractivity contribution in [2.75, 3.05) is 13.1 Å². The minimum absolute atomic E-state index is 0.0193. The van der Waals surface area contributed by atoms with Crippen LogP contribution < -0.4 is 10.6 Å². The zero-order chi connectivity index (χ0) is 29.1. The summed E-state index contributed by atoms with van der Waals surface area (Å²) in [6.45, 7) is 3.46. The van der Waals surface area contributed by atoms with Crippen molar-refractivity contribution >= 4 is 49.6 Å². The van der Waals surface area contributed by atoms with Crippen molar-refractivity contribution in [1.82, 2.24) is 20.6 Å². The summed E-state index contributed by atoms with van der Waals surface area (Å²) in [5.41, 5.74) is 9.64. The molecule has 0 atom stereocenters. The quantitative estimate of drug-likeness (QED) is 0.155. The van der Waals surface area contributed by atoms with E-state index in [4.69, 9.17) is 0 Å². The lowest BCUT2D eigenvalue weighted by Crippen LogP contribution is -2.23. The Morgan fingerprint density at radius 3 is 1.69 bits per heavy atom. The topological polar surface area (TPSA) is 89.8 Å². The van der Waals surface area contributed by atoms with E-state index in [2.05, 4.69) is 67.7 Å². The maximum absolute atomic E-state index is 12.1. The van der Waals surface area contributed by atoms with Crippen molar-refractivity contribution in [2.45, 2.75) is 19.8 Å². The Labute approximate surface area is 252 Å². The van der Waals surface area contributed by atoms with Crippen molar-refractivity contribution in [2.24, 2.45) is 0 Å². The number of aromatic nitrogens is 2. The lowest BCUT2D eigenvalue weighted by Gasteiger charge is -2.03. The third kappa shape index (κ3) is 5.48. The maximum atomic E-state index is 12.1. The molecule has 4 aromatic carbocycles. The Kier molecular flexibility index (Phi) is 7.93. The molecule has 2 aliphatic rings. The summed E-state index contributed by atoms with van der Waals surface area (Å²) in [6.07, 6.45) is 1.72. The van der Waals surface area contributed by atoms with Crippen molar-refractivity contribution < 1.29 is 9.59 Å². The highest BCUT2D eigenvalue weighted by atomic mass is 79.9. The number of carbonyl (C=O) groups excluding carboxylic acids is 2. The smallest absolute Gasteiger partial charge is 0.251 e. The van der Waals surface area contributed by atoms with Gasteiger partial charge in [0.2, 0.25) is 0 Å². The molecule has 0 saturated carbocycles. The normalized spacial score (nSPS) is 13.6. The highest BCUT2D eigenvalue weighted by Gasteiger charge is 2.22. The zero-order valence-electron chi connectivity index (χ0n) is 23.3. The van der Waals surface area contributed by atoms with Gasteiger partial charge in [0.25, 0.3) is 11.8 Å². The second kappa shape index (κ2) is 12.1. The largest absolute Gasteiger partial charge is 0.354 e. The molecule has 2 amide bonds. The van der Waals surface area contributed by atoms with Gasteiger partial charge in [0, 0.05) is 51.7 Å². The van der Waals surface area contributed by atoms with Gasteiger partial charge < -0.3 is 20.6 Å². The molecule has 0 radical (unpaired) electrons. The molecular formula is C35H31BrN4O2. The SMILES string of the molecule is Cc1ccccc1.O=C1NCCc2c(-c3ccccc3)[nH]c3cccc1c23.O=C1NCCc2c(Br)[nH]c3cccc1c23. The summed E-state index contributed by atoms with van der Waals surface area (Å²) in [7, 11) is 0. The minimum atomic E-state index is 0.0193. The average molecular weight is 620 g/mol. The van der Waals surface area contributed by atoms with Crippen molar-refractivity contribution in [3.05, 3.63) is 129 Å². The summed E-state index contributed by atoms with van der Waals surface area (Å²) in [5.74, 6) is 0.0406. The van der Waals surface area contributed by atoms with Gasteiger partial charge in [-0.05, 0) is 76.7 Å². The van der Waals surface area contributed by atoms with Crippen molar-refractivity contribution in [3.63, 3.8) is 0 Å². The molecule has 210 valence electrons. The molecule has 4 heterocycles. The Balaban J connectivity index is 0.000000126. The highest BCUT2D eigenvalue weighted by Crippen LogP contribution is 2.34. The Morgan fingerprint density at radius 1 is 0.595 bits per heavy atom. The standard InChI is InChI=1S/C17H14N2O.C11H9BrN2O.C7H8/c20-17-13-7-4-8-14-15(13)12(9-10-18-17)16(19-14)11-5-2-1-3-6-11;12-10-6-4-5-13-11(15)7-2-1-3-8(14-10)9(6)7;1-7-5-3-2-4-6-7/h1-8,19H,9-10H2,(H,18,20);1-3,14H,4-5H2,(H,13,15);2-6H,1H3. The highest BCUT2D eigenvalue weighted by molar-refractivity contribution is 9.10. The summed E-state index contributed by atoms with van der Waals surface area (Å²) >= 11 is 3.50. The molecule has 4 N–H and O–H groups in total. The summed E-state index contributed by atoms with van der Waals surface area (Å²) in [4.78, 5) is 30.6. The third-order valence-corrected chi connectivity index (χ3v) is 8.29. The van der Waals surface area contributed by atoms with Crippen LogP contribution in [0.2, 0.25) is 0 Å². The van der Waals surface area contributed by atoms with Gasteiger partial charge in [-0.25, -0.2) is 0 Å². The van der Waals surface area contributed by atoms with Crippen LogP contribution in [0.25, 0.3) is 33.1 Å². The van der Waals surface area contributed by atoms with Gasteiger partial charge in [-0.3, -0.25) is 9.59 Å². The van der Waals surface area contributed by atoms with Crippen LogP contribution >= 0.6 is 15.9 Å². The Hall–Kier alpha value is -4.62. The number of aryl methyl sites for hydroxylation is 1. The number of rotatable bonds is 1. The molecule has 0 unspecified atom stereocenters. The number of carbonyl (C=O) groups is 2. The van der Waals surface area contributed by atoms with Crippen LogP contribution in [-0.2, 0) is 12.8 Å². The first-order chi connectivity index (χ1) is 20.5. The van der Waals surface area contributed by atoms with Crippen LogP contribution in [0.5, 0.6) is 0 Å².